The van der Waals surface area contributed by atoms with Crippen LogP contribution in [-0.2, 0) is 6.54 Å². The van der Waals surface area contributed by atoms with Crippen LogP contribution in [0.5, 0.6) is 11.5 Å². The van der Waals surface area contributed by atoms with Crippen LogP contribution < -0.4 is 10.1 Å². The second-order valence-electron chi connectivity index (χ2n) is 5.28. The van der Waals surface area contributed by atoms with Crippen LogP contribution in [0, 0.1) is 0 Å². The zero-order valence-electron chi connectivity index (χ0n) is 11.9. The molecule has 0 aromatic heterocycles. The van der Waals surface area contributed by atoms with E-state index < -0.39 is 0 Å². The van der Waals surface area contributed by atoms with Gasteiger partial charge in [-0.25, -0.2) is 0 Å². The number of hydrogen-bond donors (Lipinski definition) is 2. The van der Waals surface area contributed by atoms with Crippen molar-refractivity contribution in [3.05, 3.63) is 23.8 Å². The predicted molar refractivity (Wildman–Crippen MR) is 74.1 cm³/mol. The van der Waals surface area contributed by atoms with Crippen LogP contribution in [0.4, 0.5) is 0 Å². The van der Waals surface area contributed by atoms with Gasteiger partial charge < -0.3 is 20.1 Å². The number of nitrogens with zero attached hydrogens (tertiary/aromatic N) is 1. The first-order valence-electron chi connectivity index (χ1n) is 6.11. The quantitative estimate of drug-likeness (QED) is 0.811. The van der Waals surface area contributed by atoms with Gasteiger partial charge in [-0.2, -0.15) is 0 Å². The molecule has 102 valence electrons. The van der Waals surface area contributed by atoms with Gasteiger partial charge in [-0.05, 0) is 34.0 Å². The molecule has 0 radical (unpaired) electrons. The van der Waals surface area contributed by atoms with E-state index in [-0.39, 0.29) is 11.3 Å². The summed E-state index contributed by atoms with van der Waals surface area (Å²) in [5.74, 6) is 0.733. The van der Waals surface area contributed by atoms with E-state index in [4.69, 9.17) is 4.74 Å². The van der Waals surface area contributed by atoms with Gasteiger partial charge in [0.1, 0.15) is 0 Å². The lowest BCUT2D eigenvalue weighted by Crippen LogP contribution is -2.46. The van der Waals surface area contributed by atoms with E-state index in [0.717, 1.165) is 12.1 Å². The van der Waals surface area contributed by atoms with Crippen LogP contribution in [-0.4, -0.2) is 43.3 Å². The topological polar surface area (TPSA) is 44.7 Å². The fourth-order valence-electron chi connectivity index (χ4n) is 1.54. The highest BCUT2D eigenvalue weighted by atomic mass is 16.5. The van der Waals surface area contributed by atoms with Crippen molar-refractivity contribution in [2.24, 2.45) is 0 Å². The molecule has 1 aromatic carbocycles. The van der Waals surface area contributed by atoms with E-state index in [0.29, 0.717) is 12.3 Å². The number of para-hydroxylation sites is 1. The SMILES string of the molecule is COc1cccc(CNCC(C)(C)N(C)C)c1O. The molecule has 1 rings (SSSR count). The van der Waals surface area contributed by atoms with Gasteiger partial charge in [0.05, 0.1) is 7.11 Å². The molecule has 0 bridgehead atoms. The summed E-state index contributed by atoms with van der Waals surface area (Å²) in [6.45, 7) is 5.81. The van der Waals surface area contributed by atoms with E-state index in [1.807, 2.05) is 12.1 Å². The zero-order chi connectivity index (χ0) is 13.8. The van der Waals surface area contributed by atoms with Gasteiger partial charge in [0.25, 0.3) is 0 Å². The normalized spacial score (nSPS) is 11.9. The summed E-state index contributed by atoms with van der Waals surface area (Å²) in [4.78, 5) is 2.17. The Kier molecular flexibility index (Phi) is 4.99. The minimum absolute atomic E-state index is 0.0779. The monoisotopic (exact) mass is 252 g/mol. The largest absolute Gasteiger partial charge is 0.504 e. The van der Waals surface area contributed by atoms with Crippen molar-refractivity contribution >= 4 is 0 Å². The van der Waals surface area contributed by atoms with Gasteiger partial charge in [0.2, 0.25) is 0 Å². The third-order valence-electron chi connectivity index (χ3n) is 3.39. The summed E-state index contributed by atoms with van der Waals surface area (Å²) < 4.78 is 5.09. The molecule has 0 spiro atoms. The molecule has 0 unspecified atom stereocenters. The Balaban J connectivity index is 2.60. The minimum atomic E-state index is 0.0779. The second kappa shape index (κ2) is 6.07. The fraction of sp³-hybridized carbons (Fsp3) is 0.571. The number of aromatic hydroxyl groups is 1. The summed E-state index contributed by atoms with van der Waals surface area (Å²) in [5, 5.41) is 13.3. The van der Waals surface area contributed by atoms with Gasteiger partial charge >= 0.3 is 0 Å². The summed E-state index contributed by atoms with van der Waals surface area (Å²) in [6, 6.07) is 5.53. The maximum Gasteiger partial charge on any atom is 0.162 e. The highest BCUT2D eigenvalue weighted by molar-refractivity contribution is 5.45. The molecule has 1 aromatic rings. The Morgan fingerprint density at radius 1 is 1.33 bits per heavy atom. The maximum atomic E-state index is 9.95. The van der Waals surface area contributed by atoms with Crippen molar-refractivity contribution in [1.82, 2.24) is 10.2 Å². The summed E-state index contributed by atoms with van der Waals surface area (Å²) in [6.07, 6.45) is 0. The summed E-state index contributed by atoms with van der Waals surface area (Å²) in [7, 11) is 5.68. The van der Waals surface area contributed by atoms with Crippen molar-refractivity contribution in [1.29, 1.82) is 0 Å². The average molecular weight is 252 g/mol. The Bertz CT molecular complexity index is 389. The first-order chi connectivity index (χ1) is 8.38. The minimum Gasteiger partial charge on any atom is -0.504 e. The van der Waals surface area contributed by atoms with Crippen LogP contribution in [0.1, 0.15) is 19.4 Å². The lowest BCUT2D eigenvalue weighted by Gasteiger charge is -2.32. The molecule has 18 heavy (non-hydrogen) atoms. The number of likely N-dealkylation sites (N-methyl/N-ethyl adjacent to an activating group) is 1. The number of hydrogen-bond acceptors (Lipinski definition) is 4. The number of rotatable bonds is 6. The number of benzene rings is 1. The van der Waals surface area contributed by atoms with Gasteiger partial charge in [-0.1, -0.05) is 12.1 Å². The van der Waals surface area contributed by atoms with Crippen LogP contribution >= 0.6 is 0 Å². The van der Waals surface area contributed by atoms with Crippen LogP contribution in [0.2, 0.25) is 0 Å². The highest BCUT2D eigenvalue weighted by Gasteiger charge is 2.19. The van der Waals surface area contributed by atoms with Crippen molar-refractivity contribution < 1.29 is 9.84 Å². The molecule has 0 aliphatic rings. The lowest BCUT2D eigenvalue weighted by atomic mass is 10.0. The van der Waals surface area contributed by atoms with E-state index in [1.54, 1.807) is 13.2 Å². The first kappa shape index (κ1) is 14.8. The molecule has 0 amide bonds. The molecule has 0 saturated heterocycles. The van der Waals surface area contributed by atoms with Crippen LogP contribution in [0.15, 0.2) is 18.2 Å². The lowest BCUT2D eigenvalue weighted by molar-refractivity contribution is 0.189. The molecule has 4 heteroatoms. The van der Waals surface area contributed by atoms with Gasteiger partial charge in [-0.15, -0.1) is 0 Å². The number of phenols is 1. The van der Waals surface area contributed by atoms with Gasteiger partial charge in [-0.3, -0.25) is 0 Å². The smallest absolute Gasteiger partial charge is 0.162 e. The van der Waals surface area contributed by atoms with Crippen molar-refractivity contribution in [3.63, 3.8) is 0 Å². The van der Waals surface area contributed by atoms with Crippen molar-refractivity contribution in [3.8, 4) is 11.5 Å². The van der Waals surface area contributed by atoms with Gasteiger partial charge in [0.15, 0.2) is 11.5 Å². The summed E-state index contributed by atoms with van der Waals surface area (Å²) >= 11 is 0. The molecular formula is C14H24N2O2. The number of nitrogens with one attached hydrogen (secondary N) is 1. The first-order valence-corrected chi connectivity index (χ1v) is 6.11. The molecular weight excluding hydrogens is 228 g/mol. The molecule has 0 fully saturated rings. The van der Waals surface area contributed by atoms with Crippen LogP contribution in [0.3, 0.4) is 0 Å². The Morgan fingerprint density at radius 3 is 2.56 bits per heavy atom. The standard InChI is InChI=1S/C14H24N2O2/c1-14(2,16(3)4)10-15-9-11-7-6-8-12(18-5)13(11)17/h6-8,15,17H,9-10H2,1-5H3. The molecule has 0 heterocycles. The summed E-state index contributed by atoms with van der Waals surface area (Å²) in [5.41, 5.74) is 0.929. The van der Waals surface area contributed by atoms with E-state index in [9.17, 15) is 5.11 Å². The molecule has 0 aliphatic heterocycles. The molecule has 0 saturated carbocycles. The molecule has 0 aliphatic carbocycles. The van der Waals surface area contributed by atoms with Crippen molar-refractivity contribution in [2.45, 2.75) is 25.9 Å². The highest BCUT2D eigenvalue weighted by Crippen LogP contribution is 2.29. The van der Waals surface area contributed by atoms with Gasteiger partial charge in [0, 0.05) is 24.2 Å². The molecule has 4 nitrogen and oxygen atoms in total. The Hall–Kier alpha value is -1.26. The van der Waals surface area contributed by atoms with E-state index in [1.165, 1.54) is 0 Å². The number of methoxy groups -OCH3 is 1. The fourth-order valence-corrected chi connectivity index (χ4v) is 1.54. The van der Waals surface area contributed by atoms with E-state index >= 15 is 0 Å². The number of phenolic OH excluding ortho intramolecular Hbond substituents is 1. The average Bonchev–Trinajstić information content (AvgIpc) is 2.31. The van der Waals surface area contributed by atoms with Crippen LogP contribution in [0.25, 0.3) is 0 Å². The molecule has 0 atom stereocenters. The predicted octanol–water partition coefficient (Wildman–Crippen LogP) is 1.83. The van der Waals surface area contributed by atoms with Crippen molar-refractivity contribution in [2.75, 3.05) is 27.7 Å². The maximum absolute atomic E-state index is 9.95. The Morgan fingerprint density at radius 2 is 2.00 bits per heavy atom. The Labute approximate surface area is 110 Å². The third-order valence-corrected chi connectivity index (χ3v) is 3.39. The molecule has 2 N–H and O–H groups in total. The third kappa shape index (κ3) is 3.62. The van der Waals surface area contributed by atoms with E-state index in [2.05, 4.69) is 38.2 Å². The zero-order valence-corrected chi connectivity index (χ0v) is 11.9. The second-order valence-corrected chi connectivity index (χ2v) is 5.28. The number of ether oxygens (including phenoxy) is 1.